The number of nitrogen functional groups attached to an aromatic ring is 1. The lowest BCUT2D eigenvalue weighted by Crippen LogP contribution is -2.23. The predicted octanol–water partition coefficient (Wildman–Crippen LogP) is 1.45. The topological polar surface area (TPSA) is 59.2 Å². The van der Waals surface area contributed by atoms with Crippen LogP contribution in [0.5, 0.6) is 0 Å². The molecule has 0 fully saturated rings. The molecule has 0 unspecified atom stereocenters. The van der Waals surface area contributed by atoms with Gasteiger partial charge in [0.1, 0.15) is 0 Å². The third kappa shape index (κ3) is 2.36. The van der Waals surface area contributed by atoms with Crippen molar-refractivity contribution in [2.75, 3.05) is 19.8 Å². The third-order valence-corrected chi connectivity index (χ3v) is 2.64. The summed E-state index contributed by atoms with van der Waals surface area (Å²) in [6.07, 6.45) is 0.303. The highest BCUT2D eigenvalue weighted by Gasteiger charge is 2.08. The number of carbonyl (C=O) groups is 1. The molecule has 4 nitrogen and oxygen atoms in total. The number of amides is 1. The first-order valence-corrected chi connectivity index (χ1v) is 5.42. The molecule has 1 aromatic carbocycles. The summed E-state index contributed by atoms with van der Waals surface area (Å²) in [6, 6.07) is 9.47. The van der Waals surface area contributed by atoms with E-state index in [1.807, 2.05) is 30.3 Å². The molecule has 2 N–H and O–H groups in total. The van der Waals surface area contributed by atoms with Gasteiger partial charge in [-0.15, -0.1) is 0 Å². The van der Waals surface area contributed by atoms with Gasteiger partial charge in [0.05, 0.1) is 23.3 Å². The van der Waals surface area contributed by atoms with Crippen molar-refractivity contribution in [2.45, 2.75) is 6.42 Å². The van der Waals surface area contributed by atoms with E-state index in [-0.39, 0.29) is 5.91 Å². The Morgan fingerprint density at radius 3 is 2.76 bits per heavy atom. The zero-order valence-corrected chi connectivity index (χ0v) is 9.97. The SMILES string of the molecule is CN(C)C(=O)Cc1ccc2cccc(N)c2n1. The minimum atomic E-state index is 0.0337. The molecule has 2 rings (SSSR count). The summed E-state index contributed by atoms with van der Waals surface area (Å²) in [6.45, 7) is 0. The Kier molecular flexibility index (Phi) is 2.95. The van der Waals surface area contributed by atoms with Crippen LogP contribution in [0.3, 0.4) is 0 Å². The van der Waals surface area contributed by atoms with Crippen LogP contribution in [-0.4, -0.2) is 29.9 Å². The smallest absolute Gasteiger partial charge is 0.228 e. The van der Waals surface area contributed by atoms with E-state index in [2.05, 4.69) is 4.98 Å². The van der Waals surface area contributed by atoms with Gasteiger partial charge in [0.15, 0.2) is 0 Å². The standard InChI is InChI=1S/C13H15N3O/c1-16(2)12(17)8-10-7-6-9-4-3-5-11(14)13(9)15-10/h3-7H,8,14H2,1-2H3. The second-order valence-corrected chi connectivity index (χ2v) is 4.19. The monoisotopic (exact) mass is 229 g/mol. The van der Waals surface area contributed by atoms with Crippen LogP contribution >= 0.6 is 0 Å². The predicted molar refractivity (Wildman–Crippen MR) is 68.6 cm³/mol. The molecular formula is C13H15N3O. The van der Waals surface area contributed by atoms with Crippen molar-refractivity contribution < 1.29 is 4.79 Å². The van der Waals surface area contributed by atoms with E-state index in [1.54, 1.807) is 19.0 Å². The Hall–Kier alpha value is -2.10. The lowest BCUT2D eigenvalue weighted by molar-refractivity contribution is -0.128. The second-order valence-electron chi connectivity index (χ2n) is 4.19. The number of nitrogens with zero attached hydrogens (tertiary/aromatic N) is 2. The molecule has 1 aromatic heterocycles. The van der Waals surface area contributed by atoms with Gasteiger partial charge < -0.3 is 10.6 Å². The van der Waals surface area contributed by atoms with E-state index in [0.29, 0.717) is 12.1 Å². The van der Waals surface area contributed by atoms with Crippen LogP contribution in [0.25, 0.3) is 10.9 Å². The summed E-state index contributed by atoms with van der Waals surface area (Å²) in [7, 11) is 3.47. The van der Waals surface area contributed by atoms with Crippen LogP contribution in [0.2, 0.25) is 0 Å². The molecule has 0 saturated carbocycles. The highest BCUT2D eigenvalue weighted by Crippen LogP contribution is 2.19. The first-order valence-electron chi connectivity index (χ1n) is 5.42. The number of aromatic nitrogens is 1. The molecule has 0 aliphatic carbocycles. The Balaban J connectivity index is 2.38. The zero-order chi connectivity index (χ0) is 12.4. The van der Waals surface area contributed by atoms with Gasteiger partial charge in [0.2, 0.25) is 5.91 Å². The normalized spacial score (nSPS) is 10.5. The fraction of sp³-hybridized carbons (Fsp3) is 0.231. The Labute approximate surface area is 100 Å². The van der Waals surface area contributed by atoms with E-state index in [4.69, 9.17) is 5.73 Å². The molecule has 0 saturated heterocycles. The molecule has 4 heteroatoms. The van der Waals surface area contributed by atoms with Gasteiger partial charge in [-0.3, -0.25) is 9.78 Å². The number of fused-ring (bicyclic) bond motifs is 1. The molecule has 0 atom stereocenters. The van der Waals surface area contributed by atoms with Crippen LogP contribution in [0.15, 0.2) is 30.3 Å². The van der Waals surface area contributed by atoms with Crippen LogP contribution in [0.4, 0.5) is 5.69 Å². The van der Waals surface area contributed by atoms with Crippen molar-refractivity contribution in [2.24, 2.45) is 0 Å². The number of rotatable bonds is 2. The van der Waals surface area contributed by atoms with Gasteiger partial charge in [0.25, 0.3) is 0 Å². The van der Waals surface area contributed by atoms with Crippen LogP contribution in [0.1, 0.15) is 5.69 Å². The lowest BCUT2D eigenvalue weighted by atomic mass is 10.1. The first kappa shape index (κ1) is 11.4. The zero-order valence-electron chi connectivity index (χ0n) is 9.97. The number of likely N-dealkylation sites (N-methyl/N-ethyl adjacent to an activating group) is 1. The largest absolute Gasteiger partial charge is 0.397 e. The van der Waals surface area contributed by atoms with Crippen LogP contribution < -0.4 is 5.73 Å². The van der Waals surface area contributed by atoms with Gasteiger partial charge in [-0.05, 0) is 12.1 Å². The molecule has 0 radical (unpaired) electrons. The van der Waals surface area contributed by atoms with Crippen molar-refractivity contribution in [1.29, 1.82) is 0 Å². The molecule has 17 heavy (non-hydrogen) atoms. The Morgan fingerprint density at radius 2 is 2.06 bits per heavy atom. The average molecular weight is 229 g/mol. The molecule has 88 valence electrons. The summed E-state index contributed by atoms with van der Waals surface area (Å²) < 4.78 is 0. The highest BCUT2D eigenvalue weighted by atomic mass is 16.2. The van der Waals surface area contributed by atoms with Gasteiger partial charge >= 0.3 is 0 Å². The fourth-order valence-electron chi connectivity index (χ4n) is 1.62. The molecule has 0 aliphatic rings. The van der Waals surface area contributed by atoms with Crippen LogP contribution in [-0.2, 0) is 11.2 Å². The maximum atomic E-state index is 11.6. The number of hydrogen-bond acceptors (Lipinski definition) is 3. The lowest BCUT2D eigenvalue weighted by Gasteiger charge is -2.10. The average Bonchev–Trinajstić information content (AvgIpc) is 2.30. The summed E-state index contributed by atoms with van der Waals surface area (Å²) in [5.74, 6) is 0.0337. The van der Waals surface area contributed by atoms with Gasteiger partial charge in [-0.2, -0.15) is 0 Å². The van der Waals surface area contributed by atoms with Crippen molar-refractivity contribution in [3.63, 3.8) is 0 Å². The second kappa shape index (κ2) is 4.41. The van der Waals surface area contributed by atoms with Crippen LogP contribution in [0, 0.1) is 0 Å². The maximum absolute atomic E-state index is 11.6. The number of para-hydroxylation sites is 1. The maximum Gasteiger partial charge on any atom is 0.228 e. The summed E-state index contributed by atoms with van der Waals surface area (Å²) in [5.41, 5.74) is 8.00. The molecule has 0 aliphatic heterocycles. The quantitative estimate of drug-likeness (QED) is 0.793. The molecule has 1 heterocycles. The molecular weight excluding hydrogens is 214 g/mol. The molecule has 0 spiro atoms. The summed E-state index contributed by atoms with van der Waals surface area (Å²) in [4.78, 5) is 17.6. The van der Waals surface area contributed by atoms with Crippen molar-refractivity contribution in [3.8, 4) is 0 Å². The third-order valence-electron chi connectivity index (χ3n) is 2.64. The number of hydrogen-bond donors (Lipinski definition) is 1. The van der Waals surface area contributed by atoms with E-state index in [0.717, 1.165) is 16.6 Å². The Morgan fingerprint density at radius 1 is 1.29 bits per heavy atom. The molecule has 0 bridgehead atoms. The number of benzene rings is 1. The van der Waals surface area contributed by atoms with Crippen molar-refractivity contribution >= 4 is 22.5 Å². The van der Waals surface area contributed by atoms with E-state index < -0.39 is 0 Å². The minimum absolute atomic E-state index is 0.0337. The van der Waals surface area contributed by atoms with Gasteiger partial charge in [-0.25, -0.2) is 0 Å². The van der Waals surface area contributed by atoms with Crippen molar-refractivity contribution in [3.05, 3.63) is 36.0 Å². The highest BCUT2D eigenvalue weighted by molar-refractivity contribution is 5.89. The van der Waals surface area contributed by atoms with Gasteiger partial charge in [0, 0.05) is 19.5 Å². The summed E-state index contributed by atoms with van der Waals surface area (Å²) in [5, 5.41) is 0.992. The number of anilines is 1. The van der Waals surface area contributed by atoms with E-state index in [1.165, 1.54) is 0 Å². The molecule has 1 amide bonds. The minimum Gasteiger partial charge on any atom is -0.397 e. The fourth-order valence-corrected chi connectivity index (χ4v) is 1.62. The first-order chi connectivity index (χ1) is 8.08. The number of nitrogens with two attached hydrogens (primary N) is 1. The van der Waals surface area contributed by atoms with Crippen molar-refractivity contribution in [1.82, 2.24) is 9.88 Å². The van der Waals surface area contributed by atoms with E-state index in [9.17, 15) is 4.79 Å². The number of carbonyl (C=O) groups excluding carboxylic acids is 1. The molecule has 2 aromatic rings. The number of pyridine rings is 1. The van der Waals surface area contributed by atoms with E-state index >= 15 is 0 Å². The Bertz CT molecular complexity index is 564. The van der Waals surface area contributed by atoms with Gasteiger partial charge in [-0.1, -0.05) is 18.2 Å². The summed E-state index contributed by atoms with van der Waals surface area (Å²) >= 11 is 0.